The van der Waals surface area contributed by atoms with Crippen molar-refractivity contribution < 1.29 is 4.74 Å². The lowest BCUT2D eigenvalue weighted by Crippen LogP contribution is -2.69. The molecule has 1 heterocycles. The van der Waals surface area contributed by atoms with Crippen LogP contribution in [0.5, 0.6) is 0 Å². The van der Waals surface area contributed by atoms with Crippen molar-refractivity contribution in [1.82, 2.24) is 5.32 Å². The number of ether oxygens (including phenoxy) is 1. The minimum Gasteiger partial charge on any atom is -0.377 e. The molecule has 2 rings (SSSR count). The van der Waals surface area contributed by atoms with Gasteiger partial charge in [-0.05, 0) is 25.8 Å². The number of fused-ring (bicyclic) bond motifs is 1. The first-order chi connectivity index (χ1) is 7.68. The minimum absolute atomic E-state index is 0.345. The Kier molecular flexibility index (Phi) is 3.91. The van der Waals surface area contributed by atoms with Crippen molar-refractivity contribution in [2.24, 2.45) is 11.3 Å². The van der Waals surface area contributed by atoms with E-state index in [0.717, 1.165) is 12.5 Å². The van der Waals surface area contributed by atoms with E-state index in [2.05, 4.69) is 26.1 Å². The van der Waals surface area contributed by atoms with Crippen LogP contribution < -0.4 is 5.32 Å². The highest BCUT2D eigenvalue weighted by Crippen LogP contribution is 2.51. The second-order valence-corrected chi connectivity index (χ2v) is 6.06. The van der Waals surface area contributed by atoms with Crippen LogP contribution >= 0.6 is 0 Å². The molecule has 2 aliphatic rings. The van der Waals surface area contributed by atoms with Crippen molar-refractivity contribution in [3.05, 3.63) is 0 Å². The van der Waals surface area contributed by atoms with Gasteiger partial charge in [0.15, 0.2) is 0 Å². The zero-order valence-electron chi connectivity index (χ0n) is 11.1. The number of rotatable bonds is 5. The molecule has 0 spiro atoms. The Bertz CT molecular complexity index is 227. The molecule has 0 aromatic heterocycles. The van der Waals surface area contributed by atoms with Gasteiger partial charge in [0.25, 0.3) is 0 Å². The molecule has 0 bridgehead atoms. The summed E-state index contributed by atoms with van der Waals surface area (Å²) in [6.07, 6.45) is 7.12. The molecule has 0 radical (unpaired) electrons. The fourth-order valence-corrected chi connectivity index (χ4v) is 3.57. The predicted octanol–water partition coefficient (Wildman–Crippen LogP) is 2.97. The van der Waals surface area contributed by atoms with Crippen molar-refractivity contribution in [2.75, 3.05) is 13.2 Å². The van der Waals surface area contributed by atoms with Crippen molar-refractivity contribution in [3.8, 4) is 0 Å². The zero-order valence-corrected chi connectivity index (χ0v) is 11.1. The standard InChI is InChI=1S/C14H27NO/c1-4-5-6-9-15-12-11-8-7-10-16-13(11)14(12,2)3/h11-13,15H,4-10H2,1-3H3. The van der Waals surface area contributed by atoms with E-state index in [1.807, 2.05) is 0 Å². The van der Waals surface area contributed by atoms with Gasteiger partial charge in [0.05, 0.1) is 6.10 Å². The molecule has 2 fully saturated rings. The molecular weight excluding hydrogens is 198 g/mol. The van der Waals surface area contributed by atoms with Gasteiger partial charge in [-0.1, -0.05) is 33.6 Å². The van der Waals surface area contributed by atoms with E-state index in [1.54, 1.807) is 0 Å². The average molecular weight is 225 g/mol. The van der Waals surface area contributed by atoms with Gasteiger partial charge in [-0.3, -0.25) is 0 Å². The van der Waals surface area contributed by atoms with Crippen LogP contribution in [0.3, 0.4) is 0 Å². The molecule has 1 aliphatic heterocycles. The lowest BCUT2D eigenvalue weighted by Gasteiger charge is -2.60. The van der Waals surface area contributed by atoms with Gasteiger partial charge >= 0.3 is 0 Å². The summed E-state index contributed by atoms with van der Waals surface area (Å²) >= 11 is 0. The first-order valence-corrected chi connectivity index (χ1v) is 7.03. The largest absolute Gasteiger partial charge is 0.377 e. The highest BCUT2D eigenvalue weighted by molar-refractivity contribution is 5.10. The average Bonchev–Trinajstić information content (AvgIpc) is 2.29. The summed E-state index contributed by atoms with van der Waals surface area (Å²) in [7, 11) is 0. The Labute approximate surface area is 100 Å². The lowest BCUT2D eigenvalue weighted by molar-refractivity contribution is -0.192. The van der Waals surface area contributed by atoms with Gasteiger partial charge < -0.3 is 10.1 Å². The summed E-state index contributed by atoms with van der Waals surface area (Å²) in [5, 5.41) is 3.76. The molecule has 2 heteroatoms. The van der Waals surface area contributed by atoms with Crippen molar-refractivity contribution in [2.45, 2.75) is 65.0 Å². The van der Waals surface area contributed by atoms with Gasteiger partial charge in [0.2, 0.25) is 0 Å². The Morgan fingerprint density at radius 1 is 1.31 bits per heavy atom. The molecule has 3 unspecified atom stereocenters. The SMILES string of the molecule is CCCCCNC1C2CCCOC2C1(C)C. The number of hydrogen-bond donors (Lipinski definition) is 1. The molecular formula is C14H27NO. The monoisotopic (exact) mass is 225 g/mol. The van der Waals surface area contributed by atoms with E-state index in [4.69, 9.17) is 4.74 Å². The maximum absolute atomic E-state index is 5.91. The molecule has 1 N–H and O–H groups in total. The van der Waals surface area contributed by atoms with Crippen LogP contribution in [-0.4, -0.2) is 25.3 Å². The van der Waals surface area contributed by atoms with Crippen molar-refractivity contribution in [3.63, 3.8) is 0 Å². The van der Waals surface area contributed by atoms with Gasteiger partial charge in [0, 0.05) is 24.0 Å². The van der Waals surface area contributed by atoms with E-state index >= 15 is 0 Å². The van der Waals surface area contributed by atoms with Gasteiger partial charge in [0.1, 0.15) is 0 Å². The van der Waals surface area contributed by atoms with Crippen LogP contribution in [0.4, 0.5) is 0 Å². The maximum atomic E-state index is 5.91. The van der Waals surface area contributed by atoms with Gasteiger partial charge in [-0.15, -0.1) is 0 Å². The normalized spacial score (nSPS) is 36.6. The summed E-state index contributed by atoms with van der Waals surface area (Å²) in [5.41, 5.74) is 0.345. The second-order valence-electron chi connectivity index (χ2n) is 6.06. The van der Waals surface area contributed by atoms with E-state index in [-0.39, 0.29) is 0 Å². The van der Waals surface area contributed by atoms with Gasteiger partial charge in [-0.25, -0.2) is 0 Å². The summed E-state index contributed by atoms with van der Waals surface area (Å²) in [5.74, 6) is 0.783. The molecule has 1 saturated carbocycles. The number of nitrogens with one attached hydrogen (secondary N) is 1. The number of hydrogen-bond acceptors (Lipinski definition) is 2. The Hall–Kier alpha value is -0.0800. The molecule has 0 aromatic rings. The smallest absolute Gasteiger partial charge is 0.0684 e. The minimum atomic E-state index is 0.345. The summed E-state index contributed by atoms with van der Waals surface area (Å²) in [6, 6.07) is 0.689. The van der Waals surface area contributed by atoms with Crippen LogP contribution in [-0.2, 0) is 4.74 Å². The fourth-order valence-electron chi connectivity index (χ4n) is 3.57. The molecule has 0 amide bonds. The predicted molar refractivity (Wildman–Crippen MR) is 67.6 cm³/mol. The van der Waals surface area contributed by atoms with Crippen molar-refractivity contribution >= 4 is 0 Å². The van der Waals surface area contributed by atoms with Crippen LogP contribution in [0, 0.1) is 11.3 Å². The quantitative estimate of drug-likeness (QED) is 0.726. The maximum Gasteiger partial charge on any atom is 0.0684 e. The third kappa shape index (κ3) is 2.14. The highest BCUT2D eigenvalue weighted by atomic mass is 16.5. The third-order valence-corrected chi connectivity index (χ3v) is 4.48. The summed E-state index contributed by atoms with van der Waals surface area (Å²) < 4.78 is 5.91. The van der Waals surface area contributed by atoms with Crippen molar-refractivity contribution in [1.29, 1.82) is 0 Å². The third-order valence-electron chi connectivity index (χ3n) is 4.48. The number of unbranched alkanes of at least 4 members (excludes halogenated alkanes) is 2. The van der Waals surface area contributed by atoms with Gasteiger partial charge in [-0.2, -0.15) is 0 Å². The first-order valence-electron chi connectivity index (χ1n) is 7.03. The molecule has 16 heavy (non-hydrogen) atoms. The van der Waals surface area contributed by atoms with Crippen LogP contribution in [0.25, 0.3) is 0 Å². The van der Waals surface area contributed by atoms with E-state index in [9.17, 15) is 0 Å². The first kappa shape index (κ1) is 12.4. The van der Waals surface area contributed by atoms with Crippen LogP contribution in [0.1, 0.15) is 52.9 Å². The highest BCUT2D eigenvalue weighted by Gasteiger charge is 2.57. The Morgan fingerprint density at radius 3 is 2.88 bits per heavy atom. The fraction of sp³-hybridized carbons (Fsp3) is 1.00. The molecule has 3 atom stereocenters. The Balaban J connectivity index is 1.80. The Morgan fingerprint density at radius 2 is 2.12 bits per heavy atom. The van der Waals surface area contributed by atoms with E-state index in [0.29, 0.717) is 17.6 Å². The topological polar surface area (TPSA) is 21.3 Å². The zero-order chi connectivity index (χ0) is 11.6. The molecule has 1 saturated heterocycles. The van der Waals surface area contributed by atoms with E-state index < -0.39 is 0 Å². The summed E-state index contributed by atoms with van der Waals surface area (Å²) in [6.45, 7) is 9.14. The molecule has 2 nitrogen and oxygen atoms in total. The second kappa shape index (κ2) is 5.05. The molecule has 1 aliphatic carbocycles. The van der Waals surface area contributed by atoms with Crippen LogP contribution in [0.15, 0.2) is 0 Å². The molecule has 0 aromatic carbocycles. The van der Waals surface area contributed by atoms with E-state index in [1.165, 1.54) is 38.6 Å². The molecule has 94 valence electrons. The lowest BCUT2D eigenvalue weighted by atomic mass is 9.55. The van der Waals surface area contributed by atoms with Crippen LogP contribution in [0.2, 0.25) is 0 Å². The summed E-state index contributed by atoms with van der Waals surface area (Å²) in [4.78, 5) is 0.